The molecule has 1 aromatic rings. The number of halogens is 1. The fraction of sp³-hybridized carbons (Fsp3) is 0.583. The maximum absolute atomic E-state index is 5.93. The van der Waals surface area contributed by atoms with Crippen molar-refractivity contribution in [2.45, 2.75) is 36.9 Å². The van der Waals surface area contributed by atoms with Crippen LogP contribution in [0.15, 0.2) is 18.3 Å². The highest BCUT2D eigenvalue weighted by Crippen LogP contribution is 2.41. The lowest BCUT2D eigenvalue weighted by Crippen LogP contribution is -2.22. The van der Waals surface area contributed by atoms with Crippen molar-refractivity contribution in [3.8, 4) is 0 Å². The second-order valence-electron chi connectivity index (χ2n) is 4.47. The number of aromatic nitrogens is 1. The second kappa shape index (κ2) is 4.52. The molecule has 2 rings (SSSR count). The molecule has 0 amide bonds. The number of hydrogen-bond acceptors (Lipinski definition) is 2. The summed E-state index contributed by atoms with van der Waals surface area (Å²) < 4.78 is 0. The van der Waals surface area contributed by atoms with Crippen molar-refractivity contribution in [2.24, 2.45) is 5.92 Å². The first-order valence-electron chi connectivity index (χ1n) is 5.53. The van der Waals surface area contributed by atoms with Gasteiger partial charge in [0.05, 0.1) is 0 Å². The van der Waals surface area contributed by atoms with E-state index in [2.05, 4.69) is 33.9 Å². The largest absolute Gasteiger partial charge is 0.383 e. The van der Waals surface area contributed by atoms with Crippen LogP contribution in [-0.2, 0) is 0 Å². The fourth-order valence-corrected chi connectivity index (χ4v) is 3.11. The van der Waals surface area contributed by atoms with Crippen LogP contribution in [0.5, 0.6) is 0 Å². The lowest BCUT2D eigenvalue weighted by atomic mass is 9.76. The van der Waals surface area contributed by atoms with Gasteiger partial charge in [-0.3, -0.25) is 0 Å². The van der Waals surface area contributed by atoms with Crippen molar-refractivity contribution in [1.82, 2.24) is 4.98 Å². The Balaban J connectivity index is 2.25. The zero-order valence-corrected chi connectivity index (χ0v) is 10.6. The third kappa shape index (κ3) is 2.33. The molecule has 1 saturated carbocycles. The lowest BCUT2D eigenvalue weighted by Gasteiger charge is -2.32. The molecule has 0 saturated heterocycles. The maximum Gasteiger partial charge on any atom is 0.126 e. The van der Waals surface area contributed by atoms with Gasteiger partial charge in [0, 0.05) is 11.0 Å². The number of nitrogens with zero attached hydrogens (tertiary/aromatic N) is 1. The molecule has 0 aliphatic heterocycles. The van der Waals surface area contributed by atoms with Crippen LogP contribution in [0.25, 0.3) is 0 Å². The second-order valence-corrected chi connectivity index (χ2v) is 5.77. The van der Waals surface area contributed by atoms with Gasteiger partial charge in [0.15, 0.2) is 0 Å². The van der Waals surface area contributed by atoms with Crippen LogP contribution in [0.3, 0.4) is 0 Å². The number of nitrogens with two attached hydrogens (primary N) is 1. The molecule has 3 unspecified atom stereocenters. The summed E-state index contributed by atoms with van der Waals surface area (Å²) >= 11 is 3.72. The van der Waals surface area contributed by atoms with Crippen molar-refractivity contribution in [3.05, 3.63) is 23.9 Å². The van der Waals surface area contributed by atoms with Gasteiger partial charge in [-0.15, -0.1) is 0 Å². The zero-order chi connectivity index (χ0) is 10.8. The van der Waals surface area contributed by atoms with Crippen molar-refractivity contribution >= 4 is 21.7 Å². The minimum atomic E-state index is 0.567. The highest BCUT2D eigenvalue weighted by molar-refractivity contribution is 9.09. The molecule has 1 aliphatic rings. The van der Waals surface area contributed by atoms with E-state index in [-0.39, 0.29) is 0 Å². The quantitative estimate of drug-likeness (QED) is 0.794. The van der Waals surface area contributed by atoms with Gasteiger partial charge in [0.25, 0.3) is 0 Å². The summed E-state index contributed by atoms with van der Waals surface area (Å²) in [7, 11) is 0. The van der Waals surface area contributed by atoms with Crippen LogP contribution in [-0.4, -0.2) is 9.81 Å². The monoisotopic (exact) mass is 268 g/mol. The average Bonchev–Trinajstić information content (AvgIpc) is 2.23. The Morgan fingerprint density at radius 3 is 3.00 bits per heavy atom. The Hall–Kier alpha value is -0.570. The van der Waals surface area contributed by atoms with Crippen LogP contribution >= 0.6 is 15.9 Å². The van der Waals surface area contributed by atoms with Gasteiger partial charge in [-0.2, -0.15) is 0 Å². The van der Waals surface area contributed by atoms with Gasteiger partial charge >= 0.3 is 0 Å². The van der Waals surface area contributed by atoms with Crippen LogP contribution in [0.2, 0.25) is 0 Å². The molecule has 0 aromatic carbocycles. The molecular weight excluding hydrogens is 252 g/mol. The Morgan fingerprint density at radius 1 is 1.47 bits per heavy atom. The van der Waals surface area contributed by atoms with Crippen LogP contribution in [0, 0.1) is 5.92 Å². The van der Waals surface area contributed by atoms with E-state index >= 15 is 0 Å². The van der Waals surface area contributed by atoms with Crippen LogP contribution < -0.4 is 5.73 Å². The predicted molar refractivity (Wildman–Crippen MR) is 67.1 cm³/mol. The third-order valence-corrected chi connectivity index (χ3v) is 4.23. The Bertz CT molecular complexity index is 340. The Labute approximate surface area is 99.4 Å². The van der Waals surface area contributed by atoms with E-state index < -0.39 is 0 Å². The number of hydrogen-bond donors (Lipinski definition) is 1. The molecule has 3 atom stereocenters. The molecule has 15 heavy (non-hydrogen) atoms. The molecule has 0 bridgehead atoms. The smallest absolute Gasteiger partial charge is 0.126 e. The van der Waals surface area contributed by atoms with E-state index in [9.17, 15) is 0 Å². The SMILES string of the molecule is CC1CCC(Br)CC1c1cccnc1N. The van der Waals surface area contributed by atoms with Crippen molar-refractivity contribution in [1.29, 1.82) is 0 Å². The molecule has 1 aliphatic carbocycles. The standard InChI is InChI=1S/C12H17BrN2/c1-8-4-5-9(13)7-11(8)10-3-2-6-15-12(10)14/h2-3,6,8-9,11H,4-5,7H2,1H3,(H2,14,15). The summed E-state index contributed by atoms with van der Waals surface area (Å²) in [5, 5.41) is 0. The maximum atomic E-state index is 5.93. The number of nitrogen functional groups attached to an aromatic ring is 1. The van der Waals surface area contributed by atoms with Crippen molar-refractivity contribution in [3.63, 3.8) is 0 Å². The number of anilines is 1. The molecule has 3 heteroatoms. The van der Waals surface area contributed by atoms with Gasteiger partial charge in [-0.25, -0.2) is 4.98 Å². The highest BCUT2D eigenvalue weighted by Gasteiger charge is 2.28. The molecule has 1 aromatic heterocycles. The molecular formula is C12H17BrN2. The predicted octanol–water partition coefficient (Wildman–Crippen LogP) is 3.33. The first-order valence-corrected chi connectivity index (χ1v) is 6.44. The fourth-order valence-electron chi connectivity index (χ4n) is 2.45. The molecule has 1 fully saturated rings. The summed E-state index contributed by atoms with van der Waals surface area (Å²) in [5.41, 5.74) is 7.16. The topological polar surface area (TPSA) is 38.9 Å². The number of rotatable bonds is 1. The lowest BCUT2D eigenvalue weighted by molar-refractivity contribution is 0.340. The number of alkyl halides is 1. The van der Waals surface area contributed by atoms with E-state index in [1.54, 1.807) is 6.20 Å². The van der Waals surface area contributed by atoms with Gasteiger partial charge < -0.3 is 5.73 Å². The van der Waals surface area contributed by atoms with Crippen molar-refractivity contribution < 1.29 is 0 Å². The van der Waals surface area contributed by atoms with Gasteiger partial charge in [-0.05, 0) is 42.7 Å². The molecule has 1 heterocycles. The van der Waals surface area contributed by atoms with E-state index in [1.807, 2.05) is 6.07 Å². The summed E-state index contributed by atoms with van der Waals surface area (Å²) in [4.78, 5) is 4.81. The minimum Gasteiger partial charge on any atom is -0.383 e. The summed E-state index contributed by atoms with van der Waals surface area (Å²) in [5.74, 6) is 1.98. The molecule has 0 radical (unpaired) electrons. The third-order valence-electron chi connectivity index (χ3n) is 3.40. The van der Waals surface area contributed by atoms with Gasteiger partial charge in [0.2, 0.25) is 0 Å². The molecule has 82 valence electrons. The van der Waals surface area contributed by atoms with E-state index in [0.29, 0.717) is 22.5 Å². The summed E-state index contributed by atoms with van der Waals surface area (Å²) in [6.07, 6.45) is 5.49. The Kier molecular flexibility index (Phi) is 3.29. The van der Waals surface area contributed by atoms with Crippen LogP contribution in [0.1, 0.15) is 37.7 Å². The Morgan fingerprint density at radius 2 is 2.27 bits per heavy atom. The summed E-state index contributed by atoms with van der Waals surface area (Å²) in [6, 6.07) is 4.10. The highest BCUT2D eigenvalue weighted by atomic mass is 79.9. The first kappa shape index (κ1) is 10.9. The van der Waals surface area contributed by atoms with E-state index in [1.165, 1.54) is 24.8 Å². The zero-order valence-electron chi connectivity index (χ0n) is 8.99. The van der Waals surface area contributed by atoms with E-state index in [4.69, 9.17) is 5.73 Å². The number of pyridine rings is 1. The molecule has 2 N–H and O–H groups in total. The van der Waals surface area contributed by atoms with Gasteiger partial charge in [0.1, 0.15) is 5.82 Å². The minimum absolute atomic E-state index is 0.567. The average molecular weight is 269 g/mol. The molecule has 2 nitrogen and oxygen atoms in total. The van der Waals surface area contributed by atoms with Crippen molar-refractivity contribution in [2.75, 3.05) is 5.73 Å². The summed E-state index contributed by atoms with van der Waals surface area (Å²) in [6.45, 7) is 2.32. The first-order chi connectivity index (χ1) is 7.18. The van der Waals surface area contributed by atoms with Crippen LogP contribution in [0.4, 0.5) is 5.82 Å². The van der Waals surface area contributed by atoms with Gasteiger partial charge in [-0.1, -0.05) is 28.9 Å². The van der Waals surface area contributed by atoms with E-state index in [0.717, 1.165) is 0 Å². The molecule has 0 spiro atoms. The normalized spacial score (nSPS) is 31.5.